The fourth-order valence-corrected chi connectivity index (χ4v) is 3.75. The van der Waals surface area contributed by atoms with Gasteiger partial charge in [0.1, 0.15) is 0 Å². The summed E-state index contributed by atoms with van der Waals surface area (Å²) in [7, 11) is 0. The van der Waals surface area contributed by atoms with Crippen LogP contribution in [-0.2, 0) is 13.1 Å². The van der Waals surface area contributed by atoms with Crippen LogP contribution < -0.4 is 10.6 Å². The third kappa shape index (κ3) is 5.98. The molecule has 0 atom stereocenters. The Kier molecular flexibility index (Phi) is 6.77. The molecule has 2 N–H and O–H groups in total. The molecule has 0 amide bonds. The number of aromatic nitrogens is 4. The van der Waals surface area contributed by atoms with Crippen molar-refractivity contribution in [2.45, 2.75) is 13.1 Å². The molecule has 0 bridgehead atoms. The maximum Gasteiger partial charge on any atom is 0.175 e. The summed E-state index contributed by atoms with van der Waals surface area (Å²) < 4.78 is 3.59. The minimum absolute atomic E-state index is 0.440. The van der Waals surface area contributed by atoms with Gasteiger partial charge in [-0.15, -0.1) is 0 Å². The Labute approximate surface area is 199 Å². The molecule has 0 saturated carbocycles. The molecule has 0 spiro atoms. The van der Waals surface area contributed by atoms with Crippen molar-refractivity contribution in [2.24, 2.45) is 0 Å². The van der Waals surface area contributed by atoms with Crippen LogP contribution in [0.3, 0.4) is 0 Å². The molecular weight excluding hydrogens is 475 g/mol. The van der Waals surface area contributed by atoms with Gasteiger partial charge in [0.2, 0.25) is 0 Å². The third-order valence-corrected chi connectivity index (χ3v) is 5.43. The highest BCUT2D eigenvalue weighted by Gasteiger charge is 2.07. The fourth-order valence-electron chi connectivity index (χ4n) is 2.92. The van der Waals surface area contributed by atoms with E-state index in [9.17, 15) is 0 Å². The molecule has 4 rings (SSSR count). The Morgan fingerprint density at radius 1 is 0.806 bits per heavy atom. The summed E-state index contributed by atoms with van der Waals surface area (Å²) in [5, 5.41) is 17.3. The number of halogens is 3. The van der Waals surface area contributed by atoms with Gasteiger partial charge in [-0.25, -0.2) is 0 Å². The monoisotopic (exact) mass is 490 g/mol. The van der Waals surface area contributed by atoms with Crippen molar-refractivity contribution in [3.05, 3.63) is 93.4 Å². The smallest absolute Gasteiger partial charge is 0.175 e. The summed E-state index contributed by atoms with van der Waals surface area (Å²) in [5.74, 6) is 0. The highest BCUT2D eigenvalue weighted by molar-refractivity contribution is 7.80. The van der Waals surface area contributed by atoms with Crippen molar-refractivity contribution in [1.29, 1.82) is 0 Å². The first kappa shape index (κ1) is 21.6. The quantitative estimate of drug-likeness (QED) is 0.327. The van der Waals surface area contributed by atoms with E-state index < -0.39 is 0 Å². The zero-order valence-electron chi connectivity index (χ0n) is 16.1. The molecule has 10 heteroatoms. The lowest BCUT2D eigenvalue weighted by atomic mass is 10.2. The molecule has 0 aliphatic heterocycles. The Hall–Kier alpha value is -2.58. The number of thiocarbonyl (C=S) groups is 1. The second-order valence-electron chi connectivity index (χ2n) is 6.79. The molecule has 0 aliphatic carbocycles. The summed E-state index contributed by atoms with van der Waals surface area (Å²) in [6, 6.07) is 13.1. The van der Waals surface area contributed by atoms with E-state index in [1.54, 1.807) is 29.2 Å². The normalized spacial score (nSPS) is 10.8. The van der Waals surface area contributed by atoms with E-state index in [2.05, 4.69) is 20.8 Å². The van der Waals surface area contributed by atoms with E-state index in [0.717, 1.165) is 22.5 Å². The van der Waals surface area contributed by atoms with Crippen LogP contribution in [0.15, 0.2) is 67.3 Å². The Bertz CT molecular complexity index is 1200. The topological polar surface area (TPSA) is 59.7 Å². The molecule has 4 aromatic rings. The van der Waals surface area contributed by atoms with Crippen molar-refractivity contribution in [3.63, 3.8) is 0 Å². The number of anilines is 2. The molecule has 2 aromatic carbocycles. The first-order valence-corrected chi connectivity index (χ1v) is 10.8. The van der Waals surface area contributed by atoms with Gasteiger partial charge in [-0.05, 0) is 47.6 Å². The molecule has 0 aliphatic rings. The van der Waals surface area contributed by atoms with Crippen LogP contribution in [0.4, 0.5) is 11.4 Å². The van der Waals surface area contributed by atoms with Crippen LogP contribution >= 0.6 is 47.0 Å². The summed E-state index contributed by atoms with van der Waals surface area (Å²) in [4.78, 5) is 0. The van der Waals surface area contributed by atoms with Gasteiger partial charge in [-0.1, -0.05) is 53.0 Å². The second kappa shape index (κ2) is 9.70. The van der Waals surface area contributed by atoms with Crippen molar-refractivity contribution in [3.8, 4) is 0 Å². The molecule has 2 heterocycles. The van der Waals surface area contributed by atoms with Crippen molar-refractivity contribution in [1.82, 2.24) is 19.6 Å². The first-order valence-electron chi connectivity index (χ1n) is 9.26. The minimum Gasteiger partial charge on any atom is -0.330 e. The van der Waals surface area contributed by atoms with E-state index in [0.29, 0.717) is 33.3 Å². The average molecular weight is 492 g/mol. The van der Waals surface area contributed by atoms with Crippen LogP contribution in [0.1, 0.15) is 11.1 Å². The number of rotatable bonds is 6. The van der Waals surface area contributed by atoms with Gasteiger partial charge in [-0.2, -0.15) is 10.2 Å². The predicted molar refractivity (Wildman–Crippen MR) is 130 cm³/mol. The highest BCUT2D eigenvalue weighted by Crippen LogP contribution is 2.22. The van der Waals surface area contributed by atoms with Gasteiger partial charge in [0, 0.05) is 27.5 Å². The van der Waals surface area contributed by atoms with Gasteiger partial charge in [0.15, 0.2) is 5.11 Å². The highest BCUT2D eigenvalue weighted by atomic mass is 35.5. The van der Waals surface area contributed by atoms with Gasteiger partial charge < -0.3 is 10.6 Å². The number of hydrogen-bond acceptors (Lipinski definition) is 3. The standard InChI is InChI=1S/C21H17Cl3N6S/c22-16-4-1-14(2-5-16)10-29-12-18(8-25-29)27-21(31)28-19-9-26-30(13-19)11-15-3-6-17(23)7-20(15)24/h1-9,12-13H,10-11H2,(H2,27,28,31). The van der Waals surface area contributed by atoms with E-state index in [4.69, 9.17) is 47.0 Å². The molecule has 0 saturated heterocycles. The maximum atomic E-state index is 6.24. The molecule has 0 unspecified atom stereocenters. The van der Waals surface area contributed by atoms with Crippen LogP contribution in [0, 0.1) is 0 Å². The Balaban J connectivity index is 1.32. The minimum atomic E-state index is 0.440. The number of hydrogen-bond donors (Lipinski definition) is 2. The molecule has 2 aromatic heterocycles. The predicted octanol–water partition coefficient (Wildman–Crippen LogP) is 5.95. The molecular formula is C21H17Cl3N6S. The average Bonchev–Trinajstić information content (AvgIpc) is 3.35. The Morgan fingerprint density at radius 3 is 2.00 bits per heavy atom. The zero-order chi connectivity index (χ0) is 21.8. The van der Waals surface area contributed by atoms with Crippen LogP contribution in [0.5, 0.6) is 0 Å². The molecule has 6 nitrogen and oxygen atoms in total. The van der Waals surface area contributed by atoms with E-state index in [1.165, 1.54) is 0 Å². The lowest BCUT2D eigenvalue weighted by molar-refractivity contribution is 0.687. The van der Waals surface area contributed by atoms with Crippen LogP contribution in [0.2, 0.25) is 15.1 Å². The van der Waals surface area contributed by atoms with Crippen molar-refractivity contribution in [2.75, 3.05) is 10.6 Å². The zero-order valence-corrected chi connectivity index (χ0v) is 19.2. The molecule has 31 heavy (non-hydrogen) atoms. The van der Waals surface area contributed by atoms with E-state index >= 15 is 0 Å². The fraction of sp³-hybridized carbons (Fsp3) is 0.0952. The lowest BCUT2D eigenvalue weighted by Gasteiger charge is -2.07. The number of nitrogens with one attached hydrogen (secondary N) is 2. The molecule has 158 valence electrons. The summed E-state index contributed by atoms with van der Waals surface area (Å²) in [5.41, 5.74) is 3.57. The van der Waals surface area contributed by atoms with Gasteiger partial charge in [-0.3, -0.25) is 9.36 Å². The van der Waals surface area contributed by atoms with Crippen LogP contribution in [0.25, 0.3) is 0 Å². The SMILES string of the molecule is S=C(Nc1cnn(Cc2ccc(Cl)cc2)c1)Nc1cnn(Cc2ccc(Cl)cc2Cl)c1. The van der Waals surface area contributed by atoms with Crippen molar-refractivity contribution >= 4 is 63.5 Å². The lowest BCUT2D eigenvalue weighted by Crippen LogP contribution is -2.18. The van der Waals surface area contributed by atoms with E-state index in [-0.39, 0.29) is 0 Å². The largest absolute Gasteiger partial charge is 0.330 e. The molecule has 0 radical (unpaired) electrons. The van der Waals surface area contributed by atoms with E-state index in [1.807, 2.05) is 47.4 Å². The summed E-state index contributed by atoms with van der Waals surface area (Å²) in [6.07, 6.45) is 7.15. The maximum absolute atomic E-state index is 6.24. The summed E-state index contributed by atoms with van der Waals surface area (Å²) >= 11 is 23.5. The van der Waals surface area contributed by atoms with Crippen LogP contribution in [-0.4, -0.2) is 24.7 Å². The Morgan fingerprint density at radius 2 is 1.39 bits per heavy atom. The third-order valence-electron chi connectivity index (χ3n) is 4.39. The molecule has 0 fully saturated rings. The van der Waals surface area contributed by atoms with Gasteiger partial charge >= 0.3 is 0 Å². The number of nitrogens with zero attached hydrogens (tertiary/aromatic N) is 4. The van der Waals surface area contributed by atoms with Crippen molar-refractivity contribution < 1.29 is 0 Å². The van der Waals surface area contributed by atoms with Gasteiger partial charge in [0.25, 0.3) is 0 Å². The second-order valence-corrected chi connectivity index (χ2v) is 8.48. The van der Waals surface area contributed by atoms with Gasteiger partial charge in [0.05, 0.1) is 36.9 Å². The first-order chi connectivity index (χ1) is 14.9. The summed E-state index contributed by atoms with van der Waals surface area (Å²) in [6.45, 7) is 1.16. The number of benzene rings is 2.